The quantitative estimate of drug-likeness (QED) is 0.406. The van der Waals surface area contributed by atoms with Crippen molar-refractivity contribution in [2.24, 2.45) is 11.8 Å². The molecule has 7 nitrogen and oxygen atoms in total. The van der Waals surface area contributed by atoms with E-state index in [2.05, 4.69) is 22.4 Å². The molecule has 1 aromatic heterocycles. The van der Waals surface area contributed by atoms with Crippen LogP contribution in [0.15, 0.2) is 60.8 Å². The summed E-state index contributed by atoms with van der Waals surface area (Å²) in [6.45, 7) is 2.32. The maximum atomic E-state index is 10.5. The number of nitrogens with one attached hydrogen (secondary N) is 1. The van der Waals surface area contributed by atoms with Gasteiger partial charge in [0.1, 0.15) is 17.9 Å². The molecule has 0 radical (unpaired) electrons. The zero-order chi connectivity index (χ0) is 22.0. The van der Waals surface area contributed by atoms with Gasteiger partial charge >= 0.3 is 0 Å². The molecule has 1 aliphatic rings. The largest absolute Gasteiger partial charge is 0.389 e. The number of aliphatic hydroxyl groups excluding tert-OH is 3. The second-order valence-electron chi connectivity index (χ2n) is 8.21. The minimum Gasteiger partial charge on any atom is -0.389 e. The third-order valence-corrected chi connectivity index (χ3v) is 6.15. The average Bonchev–Trinajstić information content (AvgIpc) is 3.30. The summed E-state index contributed by atoms with van der Waals surface area (Å²) in [5.74, 6) is 1.05. The van der Waals surface area contributed by atoms with Gasteiger partial charge in [-0.05, 0) is 48.1 Å². The Balaban J connectivity index is 1.39. The Morgan fingerprint density at radius 1 is 1.10 bits per heavy atom. The van der Waals surface area contributed by atoms with Crippen molar-refractivity contribution in [3.05, 3.63) is 77.1 Å². The summed E-state index contributed by atoms with van der Waals surface area (Å²) in [5, 5.41) is 44.0. The van der Waals surface area contributed by atoms with Crippen molar-refractivity contribution in [1.29, 1.82) is 0 Å². The Morgan fingerprint density at radius 2 is 1.77 bits per heavy atom. The zero-order valence-corrected chi connectivity index (χ0v) is 18.0. The van der Waals surface area contributed by atoms with Gasteiger partial charge < -0.3 is 20.6 Å². The first kappa shape index (κ1) is 21.9. The van der Waals surface area contributed by atoms with Gasteiger partial charge in [-0.3, -0.25) is 0 Å². The Labute approximate surface area is 186 Å². The summed E-state index contributed by atoms with van der Waals surface area (Å²) in [6.07, 6.45) is -1.45. The molecule has 0 bridgehead atoms. The molecule has 1 saturated carbocycles. The van der Waals surface area contributed by atoms with Gasteiger partial charge in [0.2, 0.25) is 0 Å². The molecule has 31 heavy (non-hydrogen) atoms. The lowest BCUT2D eigenvalue weighted by Gasteiger charge is -2.25. The van der Waals surface area contributed by atoms with Crippen LogP contribution < -0.4 is 5.32 Å². The van der Waals surface area contributed by atoms with E-state index in [-0.39, 0.29) is 18.3 Å². The second kappa shape index (κ2) is 9.46. The first-order chi connectivity index (χ1) is 14.9. The van der Waals surface area contributed by atoms with E-state index in [1.54, 1.807) is 0 Å². The van der Waals surface area contributed by atoms with Gasteiger partial charge in [0.05, 0.1) is 18.0 Å². The van der Waals surface area contributed by atoms with E-state index in [0.717, 1.165) is 17.7 Å². The molecule has 1 fully saturated rings. The SMILES string of the molecule is CC1CC1C(NCC(O)C(O)C(O)c1cnn(-c2ccccc2)n1)c1ccc(Cl)cc1. The highest BCUT2D eigenvalue weighted by Gasteiger charge is 2.40. The summed E-state index contributed by atoms with van der Waals surface area (Å²) in [4.78, 5) is 1.38. The van der Waals surface area contributed by atoms with Crippen molar-refractivity contribution < 1.29 is 15.3 Å². The first-order valence-corrected chi connectivity index (χ1v) is 10.8. The van der Waals surface area contributed by atoms with Gasteiger partial charge in [-0.15, -0.1) is 0 Å². The number of halogens is 1. The molecule has 2 aromatic carbocycles. The van der Waals surface area contributed by atoms with Crippen LogP contribution in [-0.2, 0) is 0 Å². The number of benzene rings is 2. The average molecular weight is 443 g/mol. The third-order valence-electron chi connectivity index (χ3n) is 5.89. The van der Waals surface area contributed by atoms with Gasteiger partial charge in [0, 0.05) is 17.6 Å². The smallest absolute Gasteiger partial charge is 0.128 e. The van der Waals surface area contributed by atoms with Crippen LogP contribution in [0, 0.1) is 11.8 Å². The van der Waals surface area contributed by atoms with E-state index in [4.69, 9.17) is 11.6 Å². The fraction of sp³-hybridized carbons (Fsp3) is 0.391. The maximum absolute atomic E-state index is 10.5. The second-order valence-corrected chi connectivity index (χ2v) is 8.65. The van der Waals surface area contributed by atoms with Crippen LogP contribution in [0.5, 0.6) is 0 Å². The molecule has 4 N–H and O–H groups in total. The molecule has 0 aliphatic heterocycles. The van der Waals surface area contributed by atoms with Crippen LogP contribution in [0.4, 0.5) is 0 Å². The Hall–Kier alpha value is -2.29. The van der Waals surface area contributed by atoms with Gasteiger partial charge in [-0.25, -0.2) is 0 Å². The zero-order valence-electron chi connectivity index (χ0n) is 17.2. The first-order valence-electron chi connectivity index (χ1n) is 10.4. The van der Waals surface area contributed by atoms with E-state index in [0.29, 0.717) is 16.9 Å². The van der Waals surface area contributed by atoms with Gasteiger partial charge in [0.15, 0.2) is 0 Å². The molecule has 1 heterocycles. The fourth-order valence-corrected chi connectivity index (χ4v) is 3.98. The van der Waals surface area contributed by atoms with Gasteiger partial charge in [-0.1, -0.05) is 48.9 Å². The predicted octanol–water partition coefficient (Wildman–Crippen LogP) is 2.66. The fourth-order valence-electron chi connectivity index (χ4n) is 3.85. The Morgan fingerprint density at radius 3 is 2.42 bits per heavy atom. The Kier molecular flexibility index (Phi) is 6.69. The van der Waals surface area contributed by atoms with Crippen molar-refractivity contribution >= 4 is 11.6 Å². The summed E-state index contributed by atoms with van der Waals surface area (Å²) in [7, 11) is 0. The number of aliphatic hydroxyl groups is 3. The van der Waals surface area contributed by atoms with Crippen LogP contribution in [0.1, 0.15) is 36.7 Å². The number of aromatic nitrogens is 3. The number of hydrogen-bond donors (Lipinski definition) is 4. The third kappa shape index (κ3) is 5.14. The van der Waals surface area contributed by atoms with Crippen LogP contribution in [-0.4, -0.2) is 49.1 Å². The molecule has 0 amide bonds. The molecule has 1 aliphatic carbocycles. The number of hydrogen-bond acceptors (Lipinski definition) is 6. The lowest BCUT2D eigenvalue weighted by Crippen LogP contribution is -2.41. The number of rotatable bonds is 9. The Bertz CT molecular complexity index is 982. The summed E-state index contributed by atoms with van der Waals surface area (Å²) in [6, 6.07) is 17.0. The van der Waals surface area contributed by atoms with Crippen molar-refractivity contribution in [3.63, 3.8) is 0 Å². The van der Waals surface area contributed by atoms with Crippen molar-refractivity contribution in [2.45, 2.75) is 37.7 Å². The molecule has 0 spiro atoms. The standard InChI is InChI=1S/C23H27ClN4O3/c1-14-11-18(14)21(15-7-9-16(24)10-8-15)25-13-20(29)23(31)22(30)19-12-26-28(27-19)17-5-3-2-4-6-17/h2-10,12,14,18,20-23,25,29-31H,11,13H2,1H3. The summed E-state index contributed by atoms with van der Waals surface area (Å²) < 4.78 is 0. The van der Waals surface area contributed by atoms with E-state index in [1.165, 1.54) is 11.0 Å². The van der Waals surface area contributed by atoms with E-state index in [9.17, 15) is 15.3 Å². The topological polar surface area (TPSA) is 103 Å². The maximum Gasteiger partial charge on any atom is 0.128 e. The van der Waals surface area contributed by atoms with Crippen molar-refractivity contribution in [2.75, 3.05) is 6.54 Å². The van der Waals surface area contributed by atoms with Crippen LogP contribution >= 0.6 is 11.6 Å². The molecule has 0 saturated heterocycles. The molecule has 3 aromatic rings. The lowest BCUT2D eigenvalue weighted by atomic mass is 10.00. The van der Waals surface area contributed by atoms with E-state index >= 15 is 0 Å². The van der Waals surface area contributed by atoms with E-state index in [1.807, 2.05) is 54.6 Å². The minimum atomic E-state index is -1.41. The van der Waals surface area contributed by atoms with Crippen LogP contribution in [0.2, 0.25) is 5.02 Å². The highest BCUT2D eigenvalue weighted by atomic mass is 35.5. The van der Waals surface area contributed by atoms with Gasteiger partial charge in [0.25, 0.3) is 0 Å². The molecule has 6 unspecified atom stereocenters. The molecule has 164 valence electrons. The molecular formula is C23H27ClN4O3. The van der Waals surface area contributed by atoms with Crippen molar-refractivity contribution in [3.8, 4) is 5.69 Å². The normalized spacial score (nSPS) is 22.0. The lowest BCUT2D eigenvalue weighted by molar-refractivity contribution is -0.0619. The summed E-state index contributed by atoms with van der Waals surface area (Å²) in [5.41, 5.74) is 2.02. The number of nitrogens with zero attached hydrogens (tertiary/aromatic N) is 3. The van der Waals surface area contributed by atoms with Crippen LogP contribution in [0.3, 0.4) is 0 Å². The minimum absolute atomic E-state index is 0.0465. The molecule has 4 rings (SSSR count). The van der Waals surface area contributed by atoms with Crippen LogP contribution in [0.25, 0.3) is 5.69 Å². The molecular weight excluding hydrogens is 416 g/mol. The highest BCUT2D eigenvalue weighted by Crippen LogP contribution is 2.47. The monoisotopic (exact) mass is 442 g/mol. The van der Waals surface area contributed by atoms with E-state index < -0.39 is 18.3 Å². The number of para-hydroxylation sites is 1. The van der Waals surface area contributed by atoms with Crippen molar-refractivity contribution in [1.82, 2.24) is 20.3 Å². The highest BCUT2D eigenvalue weighted by molar-refractivity contribution is 6.30. The molecule has 6 atom stereocenters. The van der Waals surface area contributed by atoms with Gasteiger partial charge in [-0.2, -0.15) is 15.0 Å². The predicted molar refractivity (Wildman–Crippen MR) is 118 cm³/mol. The summed E-state index contributed by atoms with van der Waals surface area (Å²) >= 11 is 6.01. The molecule has 8 heteroatoms.